The minimum absolute atomic E-state index is 0.301. The lowest BCUT2D eigenvalue weighted by Gasteiger charge is -2.21. The molecule has 0 saturated carbocycles. The Morgan fingerprint density at radius 1 is 1.27 bits per heavy atom. The van der Waals surface area contributed by atoms with E-state index in [9.17, 15) is 14.4 Å². The summed E-state index contributed by atoms with van der Waals surface area (Å²) in [7, 11) is 0. The first-order valence-corrected chi connectivity index (χ1v) is 7.34. The number of hydrogen-bond acceptors (Lipinski definition) is 4. The Hall–Kier alpha value is -2.37. The van der Waals surface area contributed by atoms with Crippen molar-refractivity contribution in [2.75, 3.05) is 13.2 Å². The summed E-state index contributed by atoms with van der Waals surface area (Å²) in [4.78, 5) is 37.2. The fourth-order valence-electron chi connectivity index (χ4n) is 2.31. The van der Waals surface area contributed by atoms with Gasteiger partial charge in [0.15, 0.2) is 0 Å². The van der Waals surface area contributed by atoms with Gasteiger partial charge < -0.3 is 10.1 Å². The van der Waals surface area contributed by atoms with Crippen molar-refractivity contribution >= 4 is 17.9 Å². The van der Waals surface area contributed by atoms with Gasteiger partial charge in [0.05, 0.1) is 6.61 Å². The Balaban J connectivity index is 2.07. The lowest BCUT2D eigenvalue weighted by atomic mass is 9.92. The van der Waals surface area contributed by atoms with Crippen molar-refractivity contribution in [2.24, 2.45) is 0 Å². The number of amides is 3. The second kappa shape index (κ2) is 6.60. The van der Waals surface area contributed by atoms with E-state index in [-0.39, 0.29) is 6.54 Å². The number of unbranched alkanes of at least 4 members (excludes halogenated alkanes) is 1. The SMILES string of the molecule is CCCCOC(=O)CN1C(=O)N[C@@](C)(c2ccccc2)C1=O. The largest absolute Gasteiger partial charge is 0.464 e. The summed E-state index contributed by atoms with van der Waals surface area (Å²) in [5.41, 5.74) is -0.475. The van der Waals surface area contributed by atoms with Gasteiger partial charge in [-0.15, -0.1) is 0 Å². The van der Waals surface area contributed by atoms with Gasteiger partial charge in [-0.2, -0.15) is 0 Å². The van der Waals surface area contributed by atoms with Gasteiger partial charge in [0.25, 0.3) is 5.91 Å². The van der Waals surface area contributed by atoms with E-state index in [2.05, 4.69) is 5.32 Å². The standard InChI is InChI=1S/C16H20N2O4/c1-3-4-10-22-13(19)11-18-14(20)16(2,17-15(18)21)12-8-6-5-7-9-12/h5-9H,3-4,10-11H2,1-2H3,(H,17,21)/t16-/m0/s1. The van der Waals surface area contributed by atoms with Crippen LogP contribution in [0.25, 0.3) is 0 Å². The first kappa shape index (κ1) is 16.0. The molecule has 0 radical (unpaired) electrons. The molecule has 0 spiro atoms. The highest BCUT2D eigenvalue weighted by atomic mass is 16.5. The molecular weight excluding hydrogens is 284 g/mol. The minimum atomic E-state index is -1.15. The van der Waals surface area contributed by atoms with E-state index in [0.29, 0.717) is 12.2 Å². The van der Waals surface area contributed by atoms with Crippen molar-refractivity contribution in [2.45, 2.75) is 32.2 Å². The van der Waals surface area contributed by atoms with Crippen LogP contribution in [0.1, 0.15) is 32.3 Å². The molecule has 1 fully saturated rings. The third kappa shape index (κ3) is 3.10. The zero-order valence-electron chi connectivity index (χ0n) is 12.8. The van der Waals surface area contributed by atoms with Crippen molar-refractivity contribution in [3.63, 3.8) is 0 Å². The van der Waals surface area contributed by atoms with Crippen LogP contribution in [0.15, 0.2) is 30.3 Å². The molecule has 0 unspecified atom stereocenters. The molecule has 118 valence electrons. The smallest absolute Gasteiger partial charge is 0.326 e. The lowest BCUT2D eigenvalue weighted by Crippen LogP contribution is -2.41. The summed E-state index contributed by atoms with van der Waals surface area (Å²) < 4.78 is 5.00. The van der Waals surface area contributed by atoms with E-state index in [0.717, 1.165) is 17.7 Å². The molecule has 1 aromatic carbocycles. The topological polar surface area (TPSA) is 75.7 Å². The fourth-order valence-corrected chi connectivity index (χ4v) is 2.31. The van der Waals surface area contributed by atoms with E-state index in [1.165, 1.54) is 0 Å². The van der Waals surface area contributed by atoms with Crippen molar-refractivity contribution in [3.8, 4) is 0 Å². The van der Waals surface area contributed by atoms with Gasteiger partial charge >= 0.3 is 12.0 Å². The maximum atomic E-state index is 12.5. The number of nitrogens with one attached hydrogen (secondary N) is 1. The normalized spacial score (nSPS) is 20.9. The molecule has 22 heavy (non-hydrogen) atoms. The van der Waals surface area contributed by atoms with Crippen LogP contribution in [0.2, 0.25) is 0 Å². The Kier molecular flexibility index (Phi) is 4.80. The van der Waals surface area contributed by atoms with Crippen LogP contribution in [0.5, 0.6) is 0 Å². The third-order valence-corrected chi connectivity index (χ3v) is 3.67. The maximum Gasteiger partial charge on any atom is 0.326 e. The second-order valence-electron chi connectivity index (χ2n) is 5.39. The molecule has 0 bridgehead atoms. The third-order valence-electron chi connectivity index (χ3n) is 3.67. The quantitative estimate of drug-likeness (QED) is 0.494. The molecule has 1 N–H and O–H groups in total. The Labute approximate surface area is 129 Å². The van der Waals surface area contributed by atoms with Gasteiger partial charge in [-0.25, -0.2) is 4.79 Å². The van der Waals surface area contributed by atoms with Crippen molar-refractivity contribution in [3.05, 3.63) is 35.9 Å². The molecule has 1 aromatic rings. The van der Waals surface area contributed by atoms with Gasteiger partial charge in [-0.1, -0.05) is 43.7 Å². The second-order valence-corrected chi connectivity index (χ2v) is 5.39. The van der Waals surface area contributed by atoms with Crippen LogP contribution >= 0.6 is 0 Å². The first-order valence-electron chi connectivity index (χ1n) is 7.34. The maximum absolute atomic E-state index is 12.5. The van der Waals surface area contributed by atoms with Gasteiger partial charge in [-0.3, -0.25) is 14.5 Å². The predicted octanol–water partition coefficient (Wildman–Crippen LogP) is 1.80. The van der Waals surface area contributed by atoms with E-state index >= 15 is 0 Å². The van der Waals surface area contributed by atoms with Crippen molar-refractivity contribution in [1.29, 1.82) is 0 Å². The molecule has 0 aromatic heterocycles. The van der Waals surface area contributed by atoms with Gasteiger partial charge in [0.1, 0.15) is 12.1 Å². The highest BCUT2D eigenvalue weighted by Crippen LogP contribution is 2.28. The molecule has 1 saturated heterocycles. The van der Waals surface area contributed by atoms with Crippen LogP contribution in [0.4, 0.5) is 4.79 Å². The summed E-state index contributed by atoms with van der Waals surface area (Å²) >= 11 is 0. The van der Waals surface area contributed by atoms with Crippen molar-refractivity contribution < 1.29 is 19.1 Å². The van der Waals surface area contributed by atoms with Gasteiger partial charge in [0.2, 0.25) is 0 Å². The molecule has 0 aliphatic carbocycles. The average molecular weight is 304 g/mol. The summed E-state index contributed by atoms with van der Waals surface area (Å²) in [5.74, 6) is -1.02. The molecule has 2 rings (SSSR count). The van der Waals surface area contributed by atoms with E-state index < -0.39 is 23.4 Å². The number of benzene rings is 1. The van der Waals surface area contributed by atoms with Crippen LogP contribution in [-0.4, -0.2) is 36.0 Å². The number of rotatable bonds is 6. The Morgan fingerprint density at radius 3 is 2.59 bits per heavy atom. The van der Waals surface area contributed by atoms with E-state index in [1.807, 2.05) is 13.0 Å². The number of nitrogens with zero attached hydrogens (tertiary/aromatic N) is 1. The van der Waals surface area contributed by atoms with E-state index in [4.69, 9.17) is 4.74 Å². The van der Waals surface area contributed by atoms with Crippen molar-refractivity contribution in [1.82, 2.24) is 10.2 Å². The summed E-state index contributed by atoms with van der Waals surface area (Å²) in [6.45, 7) is 3.55. The van der Waals surface area contributed by atoms with Crippen LogP contribution < -0.4 is 5.32 Å². The van der Waals surface area contributed by atoms with Gasteiger partial charge in [0, 0.05) is 0 Å². The number of carbonyl (C=O) groups is 3. The summed E-state index contributed by atoms with van der Waals surface area (Å²) in [6.07, 6.45) is 1.66. The molecule has 1 atom stereocenters. The van der Waals surface area contributed by atoms with Crippen LogP contribution in [-0.2, 0) is 19.9 Å². The van der Waals surface area contributed by atoms with Gasteiger partial charge in [-0.05, 0) is 18.9 Å². The fraction of sp³-hybridized carbons (Fsp3) is 0.438. The van der Waals surface area contributed by atoms with Crippen LogP contribution in [0.3, 0.4) is 0 Å². The number of esters is 1. The molecule has 3 amide bonds. The molecule has 1 aliphatic heterocycles. The molecule has 1 aliphatic rings. The number of ether oxygens (including phenoxy) is 1. The molecule has 6 nitrogen and oxygen atoms in total. The molecular formula is C16H20N2O4. The van der Waals surface area contributed by atoms with Crippen LogP contribution in [0, 0.1) is 0 Å². The number of hydrogen-bond donors (Lipinski definition) is 1. The summed E-state index contributed by atoms with van der Waals surface area (Å²) in [6, 6.07) is 8.37. The zero-order chi connectivity index (χ0) is 16.2. The highest BCUT2D eigenvalue weighted by molar-refractivity contribution is 6.08. The minimum Gasteiger partial charge on any atom is -0.464 e. The lowest BCUT2D eigenvalue weighted by molar-refractivity contribution is -0.147. The number of imide groups is 1. The molecule has 6 heteroatoms. The molecule has 1 heterocycles. The average Bonchev–Trinajstić information content (AvgIpc) is 2.73. The predicted molar refractivity (Wildman–Crippen MR) is 79.9 cm³/mol. The number of carbonyl (C=O) groups excluding carboxylic acids is 3. The number of urea groups is 1. The highest BCUT2D eigenvalue weighted by Gasteiger charge is 2.49. The summed E-state index contributed by atoms with van der Waals surface area (Å²) in [5, 5.41) is 2.65. The monoisotopic (exact) mass is 304 g/mol. The zero-order valence-corrected chi connectivity index (χ0v) is 12.8. The van der Waals surface area contributed by atoms with E-state index in [1.54, 1.807) is 31.2 Å². The first-order chi connectivity index (χ1) is 10.5. The Morgan fingerprint density at radius 2 is 1.95 bits per heavy atom. The Bertz CT molecular complexity index is 573.